The maximum Gasteiger partial charge on any atom is 0.257 e. The van der Waals surface area contributed by atoms with Crippen molar-refractivity contribution in [1.29, 1.82) is 0 Å². The fraction of sp³-hybridized carbons (Fsp3) is 0.188. The Balaban J connectivity index is 2.32. The molecule has 0 spiro atoms. The van der Waals surface area contributed by atoms with Gasteiger partial charge in [-0.1, -0.05) is 37.3 Å². The third-order valence-electron chi connectivity index (χ3n) is 3.18. The van der Waals surface area contributed by atoms with Gasteiger partial charge in [0, 0.05) is 11.4 Å². The summed E-state index contributed by atoms with van der Waals surface area (Å²) in [5, 5.41) is 2.97. The summed E-state index contributed by atoms with van der Waals surface area (Å²) in [6.45, 7) is 4.06. The number of nitrogens with one attached hydrogen (secondary N) is 1. The topological polar surface area (TPSA) is 55.1 Å². The average molecular weight is 254 g/mol. The van der Waals surface area contributed by atoms with Crippen molar-refractivity contribution in [2.75, 3.05) is 11.1 Å². The molecular weight excluding hydrogens is 236 g/mol. The number of aryl methyl sites for hydroxylation is 2. The second kappa shape index (κ2) is 5.57. The summed E-state index contributed by atoms with van der Waals surface area (Å²) in [4.78, 5) is 12.3. The molecule has 2 aromatic carbocycles. The molecule has 3 N–H and O–H groups in total. The van der Waals surface area contributed by atoms with Gasteiger partial charge in [0.1, 0.15) is 0 Å². The van der Waals surface area contributed by atoms with Crippen LogP contribution in [-0.4, -0.2) is 5.91 Å². The lowest BCUT2D eigenvalue weighted by atomic mass is 10.1. The quantitative estimate of drug-likeness (QED) is 0.825. The maximum atomic E-state index is 12.3. The van der Waals surface area contributed by atoms with Crippen molar-refractivity contribution in [1.82, 2.24) is 0 Å². The molecule has 2 aromatic rings. The molecule has 0 radical (unpaired) electrons. The molecule has 0 aliphatic carbocycles. The van der Waals surface area contributed by atoms with Gasteiger partial charge in [0.15, 0.2) is 0 Å². The fourth-order valence-electron chi connectivity index (χ4n) is 2.09. The molecule has 19 heavy (non-hydrogen) atoms. The summed E-state index contributed by atoms with van der Waals surface area (Å²) >= 11 is 0. The summed E-state index contributed by atoms with van der Waals surface area (Å²) in [6, 6.07) is 13.1. The number of amides is 1. The van der Waals surface area contributed by atoms with Crippen molar-refractivity contribution >= 4 is 17.3 Å². The van der Waals surface area contributed by atoms with Crippen molar-refractivity contribution in [3.63, 3.8) is 0 Å². The lowest BCUT2D eigenvalue weighted by Crippen LogP contribution is -2.15. The minimum Gasteiger partial charge on any atom is -0.398 e. The molecule has 0 saturated heterocycles. The van der Waals surface area contributed by atoms with Crippen LogP contribution in [0.1, 0.15) is 28.4 Å². The van der Waals surface area contributed by atoms with Crippen LogP contribution in [0, 0.1) is 6.92 Å². The molecule has 3 nitrogen and oxygen atoms in total. The first-order valence-corrected chi connectivity index (χ1v) is 6.37. The van der Waals surface area contributed by atoms with Crippen LogP contribution in [0.5, 0.6) is 0 Å². The van der Waals surface area contributed by atoms with Gasteiger partial charge in [-0.15, -0.1) is 0 Å². The normalized spacial score (nSPS) is 10.2. The van der Waals surface area contributed by atoms with Gasteiger partial charge in [0.05, 0.1) is 5.56 Å². The van der Waals surface area contributed by atoms with Crippen molar-refractivity contribution in [2.24, 2.45) is 0 Å². The van der Waals surface area contributed by atoms with Gasteiger partial charge in [-0.05, 0) is 36.6 Å². The van der Waals surface area contributed by atoms with Crippen LogP contribution >= 0.6 is 0 Å². The van der Waals surface area contributed by atoms with E-state index >= 15 is 0 Å². The number of hydrogen-bond donors (Lipinski definition) is 2. The summed E-state index contributed by atoms with van der Waals surface area (Å²) < 4.78 is 0. The van der Waals surface area contributed by atoms with Gasteiger partial charge in [0.2, 0.25) is 0 Å². The second-order valence-corrected chi connectivity index (χ2v) is 4.50. The number of carbonyl (C=O) groups excluding carboxylic acids is 1. The van der Waals surface area contributed by atoms with E-state index in [9.17, 15) is 4.79 Å². The largest absolute Gasteiger partial charge is 0.398 e. The zero-order valence-corrected chi connectivity index (χ0v) is 11.2. The Morgan fingerprint density at radius 1 is 1.16 bits per heavy atom. The van der Waals surface area contributed by atoms with E-state index in [-0.39, 0.29) is 5.91 Å². The predicted molar refractivity (Wildman–Crippen MR) is 79.4 cm³/mol. The highest BCUT2D eigenvalue weighted by molar-refractivity contribution is 6.08. The van der Waals surface area contributed by atoms with Crippen molar-refractivity contribution < 1.29 is 4.79 Å². The third-order valence-corrected chi connectivity index (χ3v) is 3.18. The van der Waals surface area contributed by atoms with Crippen LogP contribution in [0.15, 0.2) is 42.5 Å². The number of nitrogen functional groups attached to an aromatic ring is 1. The molecule has 0 saturated carbocycles. The zero-order valence-electron chi connectivity index (χ0n) is 11.2. The number of nitrogens with two attached hydrogens (primary N) is 1. The molecule has 3 heteroatoms. The summed E-state index contributed by atoms with van der Waals surface area (Å²) in [5.74, 6) is -0.165. The van der Waals surface area contributed by atoms with Crippen molar-refractivity contribution in [3.8, 4) is 0 Å². The molecule has 0 aromatic heterocycles. The molecule has 0 aliphatic heterocycles. The van der Waals surface area contributed by atoms with Gasteiger partial charge in [-0.2, -0.15) is 0 Å². The van der Waals surface area contributed by atoms with E-state index in [4.69, 9.17) is 5.73 Å². The number of carbonyl (C=O) groups is 1. The van der Waals surface area contributed by atoms with Gasteiger partial charge >= 0.3 is 0 Å². The number of anilines is 2. The van der Waals surface area contributed by atoms with Crippen LogP contribution in [0.3, 0.4) is 0 Å². The first-order chi connectivity index (χ1) is 9.13. The zero-order chi connectivity index (χ0) is 13.8. The van der Waals surface area contributed by atoms with Crippen molar-refractivity contribution in [2.45, 2.75) is 20.3 Å². The van der Waals surface area contributed by atoms with Crippen molar-refractivity contribution in [3.05, 3.63) is 59.2 Å². The molecular formula is C16H18N2O. The predicted octanol–water partition coefficient (Wildman–Crippen LogP) is 3.39. The lowest BCUT2D eigenvalue weighted by Gasteiger charge is -2.13. The van der Waals surface area contributed by atoms with E-state index in [1.165, 1.54) is 0 Å². The summed E-state index contributed by atoms with van der Waals surface area (Å²) in [7, 11) is 0. The van der Waals surface area contributed by atoms with E-state index in [0.29, 0.717) is 11.3 Å². The number of para-hydroxylation sites is 2. The Kier molecular flexibility index (Phi) is 3.85. The summed E-state index contributed by atoms with van der Waals surface area (Å²) in [6.07, 6.45) is 0.877. The van der Waals surface area contributed by atoms with Gasteiger partial charge in [-0.3, -0.25) is 4.79 Å². The Hall–Kier alpha value is -2.29. The third kappa shape index (κ3) is 2.76. The molecule has 0 heterocycles. The minimum atomic E-state index is -0.165. The van der Waals surface area contributed by atoms with Crippen LogP contribution in [-0.2, 0) is 6.42 Å². The van der Waals surface area contributed by atoms with E-state index in [1.807, 2.05) is 37.3 Å². The van der Waals surface area contributed by atoms with Crippen LogP contribution in [0.4, 0.5) is 11.4 Å². The molecule has 2 rings (SSSR count). The van der Waals surface area contributed by atoms with E-state index in [2.05, 4.69) is 12.2 Å². The molecule has 0 atom stereocenters. The Bertz CT molecular complexity index is 605. The van der Waals surface area contributed by atoms with Gasteiger partial charge < -0.3 is 11.1 Å². The van der Waals surface area contributed by atoms with Crippen LogP contribution in [0.25, 0.3) is 0 Å². The number of rotatable bonds is 3. The van der Waals surface area contributed by atoms with Crippen LogP contribution in [0.2, 0.25) is 0 Å². The highest BCUT2D eigenvalue weighted by Crippen LogP contribution is 2.22. The lowest BCUT2D eigenvalue weighted by molar-refractivity contribution is 0.102. The first-order valence-electron chi connectivity index (χ1n) is 6.37. The SMILES string of the molecule is CCc1cccc(C)c1NC(=O)c1ccccc1N. The van der Waals surface area contributed by atoms with Gasteiger partial charge in [0.25, 0.3) is 5.91 Å². The van der Waals surface area contributed by atoms with Gasteiger partial charge in [-0.25, -0.2) is 0 Å². The molecule has 0 bridgehead atoms. The Morgan fingerprint density at radius 2 is 1.89 bits per heavy atom. The number of hydrogen-bond acceptors (Lipinski definition) is 2. The number of benzene rings is 2. The monoisotopic (exact) mass is 254 g/mol. The maximum absolute atomic E-state index is 12.3. The van der Waals surface area contributed by atoms with Crippen LogP contribution < -0.4 is 11.1 Å². The molecule has 0 unspecified atom stereocenters. The summed E-state index contributed by atoms with van der Waals surface area (Å²) in [5.41, 5.74) is 9.89. The first kappa shape index (κ1) is 13.1. The molecule has 98 valence electrons. The average Bonchev–Trinajstić information content (AvgIpc) is 2.41. The van der Waals surface area contributed by atoms with E-state index in [1.54, 1.807) is 12.1 Å². The highest BCUT2D eigenvalue weighted by Gasteiger charge is 2.12. The minimum absolute atomic E-state index is 0.165. The second-order valence-electron chi connectivity index (χ2n) is 4.50. The molecule has 1 amide bonds. The fourth-order valence-corrected chi connectivity index (χ4v) is 2.09. The van der Waals surface area contributed by atoms with E-state index in [0.717, 1.165) is 23.2 Å². The Morgan fingerprint density at radius 3 is 2.58 bits per heavy atom. The standard InChI is InChI=1S/C16H18N2O/c1-3-12-8-6-7-11(2)15(12)18-16(19)13-9-4-5-10-14(13)17/h4-10H,3,17H2,1-2H3,(H,18,19). The highest BCUT2D eigenvalue weighted by atomic mass is 16.1. The smallest absolute Gasteiger partial charge is 0.257 e. The Labute approximate surface area is 113 Å². The molecule has 0 aliphatic rings. The molecule has 0 fully saturated rings. The van der Waals surface area contributed by atoms with E-state index < -0.39 is 0 Å².